The molecule has 0 aliphatic carbocycles. The van der Waals surface area contributed by atoms with E-state index in [1.807, 2.05) is 0 Å². The van der Waals surface area contributed by atoms with Gasteiger partial charge in [0.25, 0.3) is 0 Å². The maximum Gasteiger partial charge on any atom is 0.427 e. The van der Waals surface area contributed by atoms with Crippen molar-refractivity contribution in [2.75, 3.05) is 4.90 Å². The molecule has 0 radical (unpaired) electrons. The summed E-state index contributed by atoms with van der Waals surface area (Å²) >= 11 is 6.19. The molecule has 0 aliphatic rings. The van der Waals surface area contributed by atoms with E-state index >= 15 is 0 Å². The van der Waals surface area contributed by atoms with E-state index in [4.69, 9.17) is 29.3 Å². The Morgan fingerprint density at radius 1 is 0.967 bits per heavy atom. The van der Waals surface area contributed by atoms with Crippen LogP contribution in [0.25, 0.3) is 11.3 Å². The summed E-state index contributed by atoms with van der Waals surface area (Å²) in [5.74, 6) is -0.585. The van der Waals surface area contributed by atoms with Crippen LogP contribution in [0, 0.1) is 13.7 Å². The van der Waals surface area contributed by atoms with Gasteiger partial charge in [-0.25, -0.2) is 14.6 Å². The van der Waals surface area contributed by atoms with E-state index in [0.717, 1.165) is 6.07 Å². The molecule has 30 heavy (non-hydrogen) atoms. The molecule has 7 nitrogen and oxygen atoms in total. The van der Waals surface area contributed by atoms with Crippen molar-refractivity contribution in [3.05, 3.63) is 40.5 Å². The third-order valence-corrected chi connectivity index (χ3v) is 3.55. The van der Waals surface area contributed by atoms with Gasteiger partial charge in [-0.05, 0) is 66.4 Å². The van der Waals surface area contributed by atoms with Crippen molar-refractivity contribution < 1.29 is 27.3 Å². The number of benzene rings is 1. The van der Waals surface area contributed by atoms with Crippen LogP contribution in [0.4, 0.5) is 15.5 Å². The summed E-state index contributed by atoms with van der Waals surface area (Å²) < 4.78 is 58.1. The fourth-order valence-corrected chi connectivity index (χ4v) is 2.49. The van der Waals surface area contributed by atoms with Crippen LogP contribution in [0.3, 0.4) is 0 Å². The maximum atomic E-state index is 13.0. The van der Waals surface area contributed by atoms with E-state index in [1.165, 1.54) is 18.2 Å². The van der Waals surface area contributed by atoms with Crippen LogP contribution in [0.1, 0.15) is 60.9 Å². The lowest BCUT2D eigenvalue weighted by Gasteiger charge is -2.27. The third-order valence-electron chi connectivity index (χ3n) is 3.36. The molecule has 0 atom stereocenters. The number of carbonyl (C=O) groups is 2. The second kappa shape index (κ2) is 8.60. The van der Waals surface area contributed by atoms with Gasteiger partial charge in [-0.15, -0.1) is 4.90 Å². The predicted molar refractivity (Wildman–Crippen MR) is 117 cm³/mol. The third kappa shape index (κ3) is 6.16. The highest BCUT2D eigenvalue weighted by molar-refractivity contribution is 6.29. The fourth-order valence-electron chi connectivity index (χ4n) is 2.31. The van der Waals surface area contributed by atoms with Crippen LogP contribution in [-0.4, -0.2) is 33.4 Å². The topological polar surface area (TPSA) is 81.6 Å². The Labute approximate surface area is 190 Å². The standard InChI is InChI=1S/C22H28ClN3O4/c1-13-10-9-11-14(2)17(13)15-12-16(23)25-18(24-15)26(19(27)29-21(3,4)5)20(28)30-22(6,7)8/h9-12H,1-8H3/i1D3,2D3. The molecule has 0 aliphatic heterocycles. The summed E-state index contributed by atoms with van der Waals surface area (Å²) in [6, 6.07) is 4.94. The number of halogens is 1. The second-order valence-electron chi connectivity index (χ2n) is 8.40. The lowest BCUT2D eigenvalue weighted by Crippen LogP contribution is -2.44. The van der Waals surface area contributed by atoms with Gasteiger partial charge in [-0.2, -0.15) is 4.98 Å². The molecule has 162 valence electrons. The Balaban J connectivity index is 2.84. The number of hydrogen-bond donors (Lipinski definition) is 0. The van der Waals surface area contributed by atoms with E-state index in [9.17, 15) is 9.59 Å². The molecule has 2 rings (SSSR count). The largest absolute Gasteiger partial charge is 0.443 e. The van der Waals surface area contributed by atoms with Crippen molar-refractivity contribution in [3.63, 3.8) is 0 Å². The van der Waals surface area contributed by atoms with Gasteiger partial charge in [0.1, 0.15) is 16.4 Å². The van der Waals surface area contributed by atoms with Crippen LogP contribution in [-0.2, 0) is 9.47 Å². The molecule has 8 heteroatoms. The van der Waals surface area contributed by atoms with E-state index in [-0.39, 0.29) is 27.5 Å². The zero-order chi connectivity index (χ0) is 27.9. The first-order chi connectivity index (χ1) is 16.1. The number of imide groups is 1. The fraction of sp³-hybridized carbons (Fsp3) is 0.455. The smallest absolute Gasteiger partial charge is 0.427 e. The highest BCUT2D eigenvalue weighted by atomic mass is 35.5. The van der Waals surface area contributed by atoms with Crippen molar-refractivity contribution in [2.24, 2.45) is 0 Å². The van der Waals surface area contributed by atoms with E-state index in [2.05, 4.69) is 9.97 Å². The Hall–Kier alpha value is -2.67. The summed E-state index contributed by atoms with van der Waals surface area (Å²) in [6.07, 6.45) is -2.35. The molecule has 0 N–H and O–H groups in total. The first-order valence-corrected chi connectivity index (χ1v) is 9.43. The first kappa shape index (κ1) is 16.1. The zero-order valence-corrected chi connectivity index (χ0v) is 18.4. The molecular weight excluding hydrogens is 406 g/mol. The normalized spacial score (nSPS) is 15.6. The van der Waals surface area contributed by atoms with Crippen molar-refractivity contribution in [3.8, 4) is 11.3 Å². The van der Waals surface area contributed by atoms with Crippen LogP contribution in [0.2, 0.25) is 5.15 Å². The minimum absolute atomic E-state index is 0.222. The molecule has 0 fully saturated rings. The van der Waals surface area contributed by atoms with Gasteiger partial charge < -0.3 is 9.47 Å². The van der Waals surface area contributed by atoms with Crippen molar-refractivity contribution in [2.45, 2.75) is 66.4 Å². The number of amides is 2. The molecule has 2 aromatic rings. The molecule has 0 unspecified atom stereocenters. The molecule has 1 aromatic carbocycles. The number of ether oxygens (including phenoxy) is 2. The summed E-state index contributed by atoms with van der Waals surface area (Å²) in [4.78, 5) is 34.5. The number of nitrogens with zero attached hydrogens (tertiary/aromatic N) is 3. The van der Waals surface area contributed by atoms with Gasteiger partial charge in [-0.3, -0.25) is 0 Å². The molecular formula is C22H28ClN3O4. The lowest BCUT2D eigenvalue weighted by atomic mass is 10.00. The number of anilines is 1. The zero-order valence-electron chi connectivity index (χ0n) is 23.7. The average Bonchev–Trinajstić information content (AvgIpc) is 2.62. The minimum atomic E-state index is -2.72. The summed E-state index contributed by atoms with van der Waals surface area (Å²) in [6.45, 7) is 4.05. The van der Waals surface area contributed by atoms with E-state index in [0.29, 0.717) is 4.90 Å². The maximum absolute atomic E-state index is 13.0. The molecule has 1 heterocycles. The summed E-state index contributed by atoms with van der Waals surface area (Å²) in [5.41, 5.74) is -3.10. The molecule has 0 saturated carbocycles. The number of aromatic nitrogens is 2. The Morgan fingerprint density at radius 2 is 1.47 bits per heavy atom. The highest BCUT2D eigenvalue weighted by Gasteiger charge is 2.35. The van der Waals surface area contributed by atoms with Crippen molar-refractivity contribution >= 4 is 29.7 Å². The van der Waals surface area contributed by atoms with Crippen molar-refractivity contribution in [1.82, 2.24) is 9.97 Å². The van der Waals surface area contributed by atoms with Crippen LogP contribution >= 0.6 is 11.6 Å². The van der Waals surface area contributed by atoms with Gasteiger partial charge in [0, 0.05) is 19.9 Å². The van der Waals surface area contributed by atoms with E-state index < -0.39 is 43.0 Å². The first-order valence-electron chi connectivity index (χ1n) is 12.1. The lowest BCUT2D eigenvalue weighted by molar-refractivity contribution is 0.0427. The van der Waals surface area contributed by atoms with Gasteiger partial charge in [0.05, 0.1) is 5.69 Å². The average molecular weight is 440 g/mol. The minimum Gasteiger partial charge on any atom is -0.443 e. The summed E-state index contributed by atoms with van der Waals surface area (Å²) in [7, 11) is 0. The number of carbonyl (C=O) groups excluding carboxylic acids is 2. The number of rotatable bonds is 2. The van der Waals surface area contributed by atoms with Gasteiger partial charge in [0.2, 0.25) is 5.95 Å². The predicted octanol–water partition coefficient (Wildman–Crippen LogP) is 6.09. The Bertz CT molecular complexity index is 1090. The Kier molecular flexibility index (Phi) is 4.61. The Morgan fingerprint density at radius 3 is 1.90 bits per heavy atom. The highest BCUT2D eigenvalue weighted by Crippen LogP contribution is 2.29. The van der Waals surface area contributed by atoms with Crippen LogP contribution in [0.15, 0.2) is 24.3 Å². The second-order valence-corrected chi connectivity index (χ2v) is 8.79. The molecule has 1 aromatic heterocycles. The monoisotopic (exact) mass is 439 g/mol. The van der Waals surface area contributed by atoms with E-state index in [1.54, 1.807) is 41.5 Å². The SMILES string of the molecule is [2H]C([2H])([2H])c1cccc(C([2H])([2H])[2H])c1-c1cc(Cl)nc(N(C(=O)OC(C)(C)C)C(=O)OC(C)(C)C)n1. The number of aryl methyl sites for hydroxylation is 2. The van der Waals surface area contributed by atoms with Gasteiger partial charge >= 0.3 is 12.2 Å². The van der Waals surface area contributed by atoms with Crippen LogP contribution < -0.4 is 4.90 Å². The summed E-state index contributed by atoms with van der Waals surface area (Å²) in [5, 5.41) is -0.288. The molecule has 0 bridgehead atoms. The molecule has 0 spiro atoms. The van der Waals surface area contributed by atoms with Crippen LogP contribution in [0.5, 0.6) is 0 Å². The molecule has 2 amide bonds. The quantitative estimate of drug-likeness (QED) is 0.526. The number of hydrogen-bond acceptors (Lipinski definition) is 6. The molecule has 0 saturated heterocycles. The van der Waals surface area contributed by atoms with Gasteiger partial charge in [0.15, 0.2) is 0 Å². The van der Waals surface area contributed by atoms with Crippen molar-refractivity contribution in [1.29, 1.82) is 0 Å². The van der Waals surface area contributed by atoms with Gasteiger partial charge in [-0.1, -0.05) is 29.8 Å².